The van der Waals surface area contributed by atoms with E-state index in [-0.39, 0.29) is 24.1 Å². The monoisotopic (exact) mass is 474 g/mol. The number of ether oxygens (including phenoxy) is 3. The molecule has 1 amide bonds. The van der Waals surface area contributed by atoms with E-state index in [1.807, 2.05) is 37.3 Å². The highest BCUT2D eigenvalue weighted by atomic mass is 32.2. The van der Waals surface area contributed by atoms with Crippen molar-refractivity contribution in [1.82, 2.24) is 10.3 Å². The predicted molar refractivity (Wildman–Crippen MR) is 127 cm³/mol. The average molecular weight is 475 g/mol. The smallest absolute Gasteiger partial charge is 0.308 e. The average Bonchev–Trinajstić information content (AvgIpc) is 3.20. The molecule has 32 heavy (non-hydrogen) atoms. The summed E-state index contributed by atoms with van der Waals surface area (Å²) in [5.74, 6) is 1.15. The van der Waals surface area contributed by atoms with Crippen molar-refractivity contribution >= 4 is 45.2 Å². The number of aromatic nitrogens is 1. The van der Waals surface area contributed by atoms with Crippen molar-refractivity contribution in [2.75, 3.05) is 26.1 Å². The first-order chi connectivity index (χ1) is 15.5. The molecule has 0 unspecified atom stereocenters. The van der Waals surface area contributed by atoms with Crippen molar-refractivity contribution in [3.8, 4) is 11.5 Å². The van der Waals surface area contributed by atoms with Crippen molar-refractivity contribution in [2.45, 2.75) is 30.6 Å². The summed E-state index contributed by atoms with van der Waals surface area (Å²) in [6.07, 6.45) is 0.0535. The van der Waals surface area contributed by atoms with Crippen molar-refractivity contribution in [1.29, 1.82) is 0 Å². The van der Waals surface area contributed by atoms with Gasteiger partial charge in [-0.2, -0.15) is 0 Å². The highest BCUT2D eigenvalue weighted by molar-refractivity contribution is 8.01. The number of carbonyl (C=O) groups is 2. The molecule has 0 aliphatic carbocycles. The Bertz CT molecular complexity index is 1050. The molecule has 0 spiro atoms. The third-order valence-electron chi connectivity index (χ3n) is 4.51. The number of nitrogens with zero attached hydrogens (tertiary/aromatic N) is 1. The molecule has 0 fully saturated rings. The fraction of sp³-hybridized carbons (Fsp3) is 0.348. The number of fused-ring (bicyclic) bond motifs is 1. The maximum absolute atomic E-state index is 12.7. The van der Waals surface area contributed by atoms with E-state index in [0.29, 0.717) is 19.0 Å². The van der Waals surface area contributed by atoms with Crippen LogP contribution >= 0.6 is 23.1 Å². The van der Waals surface area contributed by atoms with Gasteiger partial charge in [0.05, 0.1) is 48.8 Å². The second-order valence-electron chi connectivity index (χ2n) is 6.73. The van der Waals surface area contributed by atoms with Crippen LogP contribution in [0.4, 0.5) is 0 Å². The largest absolute Gasteiger partial charge is 0.497 e. The molecule has 1 N–H and O–H groups in total. The molecule has 2 aromatic carbocycles. The molecule has 0 bridgehead atoms. The standard InChI is InChI=1S/C23H26N2O5S2/c1-4-29-17-10-11-18-20(12-17)32-23(25-18)31-14-21(26)24-19(13-22(27)30-5-2)15-6-8-16(28-3)9-7-15/h6-12,19H,4-5,13-14H2,1-3H3,(H,24,26)/t19-/m0/s1. The minimum absolute atomic E-state index is 0.0535. The van der Waals surface area contributed by atoms with Gasteiger partial charge in [0.25, 0.3) is 0 Å². The van der Waals surface area contributed by atoms with Crippen molar-refractivity contribution in [3.63, 3.8) is 0 Å². The quantitative estimate of drug-likeness (QED) is 0.321. The van der Waals surface area contributed by atoms with Crippen LogP contribution in [0.15, 0.2) is 46.8 Å². The Morgan fingerprint density at radius 3 is 2.53 bits per heavy atom. The van der Waals surface area contributed by atoms with Gasteiger partial charge in [0.2, 0.25) is 5.91 Å². The normalized spacial score (nSPS) is 11.7. The Labute approximate surface area is 195 Å². The van der Waals surface area contributed by atoms with Gasteiger partial charge in [-0.05, 0) is 49.7 Å². The van der Waals surface area contributed by atoms with E-state index in [1.165, 1.54) is 23.1 Å². The van der Waals surface area contributed by atoms with E-state index >= 15 is 0 Å². The Morgan fingerprint density at radius 2 is 1.84 bits per heavy atom. The topological polar surface area (TPSA) is 86.8 Å². The van der Waals surface area contributed by atoms with Gasteiger partial charge >= 0.3 is 5.97 Å². The van der Waals surface area contributed by atoms with Gasteiger partial charge in [-0.25, -0.2) is 4.98 Å². The zero-order valence-corrected chi connectivity index (χ0v) is 19.9. The molecule has 3 aromatic rings. The summed E-state index contributed by atoms with van der Waals surface area (Å²) in [5, 5.41) is 2.95. The van der Waals surface area contributed by atoms with Gasteiger partial charge in [0, 0.05) is 0 Å². The maximum atomic E-state index is 12.7. The van der Waals surface area contributed by atoms with Crippen molar-refractivity contribution < 1.29 is 23.8 Å². The molecule has 0 saturated heterocycles. The summed E-state index contributed by atoms with van der Waals surface area (Å²) in [4.78, 5) is 29.3. The van der Waals surface area contributed by atoms with E-state index in [0.717, 1.165) is 25.9 Å². The Hall–Kier alpha value is -2.78. The van der Waals surface area contributed by atoms with Gasteiger partial charge < -0.3 is 19.5 Å². The van der Waals surface area contributed by atoms with Crippen LogP contribution < -0.4 is 14.8 Å². The molecule has 3 rings (SSSR count). The molecule has 0 saturated carbocycles. The number of carbonyl (C=O) groups excluding carboxylic acids is 2. The number of hydrogen-bond donors (Lipinski definition) is 1. The number of amides is 1. The molecule has 1 aromatic heterocycles. The summed E-state index contributed by atoms with van der Waals surface area (Å²) in [6.45, 7) is 4.59. The number of thiazole rings is 1. The van der Waals surface area contributed by atoms with Crippen LogP contribution in [0.1, 0.15) is 31.9 Å². The van der Waals surface area contributed by atoms with E-state index < -0.39 is 6.04 Å². The number of nitrogens with one attached hydrogen (secondary N) is 1. The highest BCUT2D eigenvalue weighted by Crippen LogP contribution is 2.32. The minimum Gasteiger partial charge on any atom is -0.497 e. The lowest BCUT2D eigenvalue weighted by atomic mass is 10.0. The Morgan fingerprint density at radius 1 is 1.09 bits per heavy atom. The second kappa shape index (κ2) is 11.7. The number of methoxy groups -OCH3 is 1. The van der Waals surface area contributed by atoms with Gasteiger partial charge in [0.1, 0.15) is 11.5 Å². The number of rotatable bonds is 11. The minimum atomic E-state index is -0.489. The van der Waals surface area contributed by atoms with E-state index in [4.69, 9.17) is 14.2 Å². The zero-order chi connectivity index (χ0) is 22.9. The van der Waals surface area contributed by atoms with E-state index in [9.17, 15) is 9.59 Å². The van der Waals surface area contributed by atoms with Crippen molar-refractivity contribution in [2.24, 2.45) is 0 Å². The third-order valence-corrected chi connectivity index (χ3v) is 6.67. The van der Waals surface area contributed by atoms with Crippen LogP contribution in [0.2, 0.25) is 0 Å². The molecular formula is C23H26N2O5S2. The van der Waals surface area contributed by atoms with Crippen LogP contribution in [-0.2, 0) is 14.3 Å². The maximum Gasteiger partial charge on any atom is 0.308 e. The fourth-order valence-electron chi connectivity index (χ4n) is 3.04. The SMILES string of the molecule is CCOC(=O)C[C@H](NC(=O)CSc1nc2ccc(OCC)cc2s1)c1ccc(OC)cc1. The van der Waals surface area contributed by atoms with Crippen molar-refractivity contribution in [3.05, 3.63) is 48.0 Å². The molecule has 1 atom stereocenters. The van der Waals surface area contributed by atoms with Gasteiger partial charge in [-0.1, -0.05) is 23.9 Å². The zero-order valence-electron chi connectivity index (χ0n) is 18.3. The first-order valence-corrected chi connectivity index (χ1v) is 12.1. The van der Waals surface area contributed by atoms with Crippen LogP contribution in [0.25, 0.3) is 10.2 Å². The number of hydrogen-bond acceptors (Lipinski definition) is 8. The summed E-state index contributed by atoms with van der Waals surface area (Å²) in [6, 6.07) is 12.5. The number of thioether (sulfide) groups is 1. The molecule has 9 heteroatoms. The molecule has 1 heterocycles. The molecule has 0 aliphatic rings. The molecule has 7 nitrogen and oxygen atoms in total. The van der Waals surface area contributed by atoms with Crippen LogP contribution in [-0.4, -0.2) is 42.9 Å². The van der Waals surface area contributed by atoms with E-state index in [1.54, 1.807) is 26.2 Å². The summed E-state index contributed by atoms with van der Waals surface area (Å²) >= 11 is 2.88. The first-order valence-electron chi connectivity index (χ1n) is 10.3. The van der Waals surface area contributed by atoms with Crippen LogP contribution in [0.3, 0.4) is 0 Å². The number of benzene rings is 2. The van der Waals surface area contributed by atoms with Gasteiger partial charge in [-0.3, -0.25) is 9.59 Å². The lowest BCUT2D eigenvalue weighted by Crippen LogP contribution is -2.31. The molecule has 0 aliphatic heterocycles. The second-order valence-corrected chi connectivity index (χ2v) is 8.99. The van der Waals surface area contributed by atoms with Crippen LogP contribution in [0, 0.1) is 0 Å². The third kappa shape index (κ3) is 6.61. The summed E-state index contributed by atoms with van der Waals surface area (Å²) in [7, 11) is 1.59. The molecular weight excluding hydrogens is 448 g/mol. The molecule has 170 valence electrons. The Kier molecular flexibility index (Phi) is 8.75. The number of esters is 1. The van der Waals surface area contributed by atoms with Gasteiger partial charge in [-0.15, -0.1) is 11.3 Å². The predicted octanol–water partition coefficient (Wildman–Crippen LogP) is 4.61. The fourth-order valence-corrected chi connectivity index (χ4v) is 4.95. The first kappa shape index (κ1) is 23.9. The lowest BCUT2D eigenvalue weighted by molar-refractivity contribution is -0.143. The Balaban J connectivity index is 1.64. The van der Waals surface area contributed by atoms with E-state index in [2.05, 4.69) is 10.3 Å². The van der Waals surface area contributed by atoms with Crippen LogP contribution in [0.5, 0.6) is 11.5 Å². The van der Waals surface area contributed by atoms with Gasteiger partial charge in [0.15, 0.2) is 4.34 Å². The lowest BCUT2D eigenvalue weighted by Gasteiger charge is -2.18. The summed E-state index contributed by atoms with van der Waals surface area (Å²) < 4.78 is 17.6. The molecule has 0 radical (unpaired) electrons. The summed E-state index contributed by atoms with van der Waals surface area (Å²) in [5.41, 5.74) is 1.68. The highest BCUT2D eigenvalue weighted by Gasteiger charge is 2.20.